The fraction of sp³-hybridized carbons (Fsp3) is 0.444. The van der Waals surface area contributed by atoms with E-state index in [-0.39, 0.29) is 17.5 Å². The smallest absolute Gasteiger partial charge is 0.262 e. The number of nitrogens with zero attached hydrogens (tertiary/aromatic N) is 1. The van der Waals surface area contributed by atoms with Crippen LogP contribution in [0.2, 0.25) is 5.02 Å². The molecule has 0 spiro atoms. The van der Waals surface area contributed by atoms with Gasteiger partial charge in [0.1, 0.15) is 11.6 Å². The van der Waals surface area contributed by atoms with Crippen LogP contribution in [0.4, 0.5) is 0 Å². The summed E-state index contributed by atoms with van der Waals surface area (Å²) in [5, 5.41) is 12.6. The fourth-order valence-corrected chi connectivity index (χ4v) is 3.26. The van der Waals surface area contributed by atoms with E-state index in [1.165, 1.54) is 6.08 Å². The molecular formula is C18H19ClN2O3. The minimum atomic E-state index is -0.340. The number of hydrogen-bond acceptors (Lipinski definition) is 4. The van der Waals surface area contributed by atoms with E-state index in [0.717, 1.165) is 32.1 Å². The van der Waals surface area contributed by atoms with E-state index in [0.29, 0.717) is 35.3 Å². The second kappa shape index (κ2) is 7.59. The molecule has 1 amide bonds. The zero-order valence-electron chi connectivity index (χ0n) is 13.3. The molecule has 24 heavy (non-hydrogen) atoms. The highest BCUT2D eigenvalue weighted by atomic mass is 35.5. The number of benzene rings is 1. The van der Waals surface area contributed by atoms with E-state index in [9.17, 15) is 10.1 Å². The maximum absolute atomic E-state index is 12.3. The number of amides is 1. The summed E-state index contributed by atoms with van der Waals surface area (Å²) in [6, 6.07) is 5.56. The summed E-state index contributed by atoms with van der Waals surface area (Å²) in [4.78, 5) is 12.3. The van der Waals surface area contributed by atoms with Gasteiger partial charge in [-0.2, -0.15) is 5.26 Å². The number of nitrogens with one attached hydrogen (secondary N) is 1. The second-order valence-corrected chi connectivity index (χ2v) is 6.41. The van der Waals surface area contributed by atoms with E-state index in [4.69, 9.17) is 21.1 Å². The number of carbonyl (C=O) groups is 1. The quantitative estimate of drug-likeness (QED) is 0.672. The first-order valence-electron chi connectivity index (χ1n) is 8.19. The Hall–Kier alpha value is -2.19. The van der Waals surface area contributed by atoms with Gasteiger partial charge in [-0.05, 0) is 36.6 Å². The lowest BCUT2D eigenvalue weighted by molar-refractivity contribution is -0.117. The van der Waals surface area contributed by atoms with Crippen LogP contribution in [0.1, 0.15) is 37.7 Å². The molecule has 1 aliphatic heterocycles. The van der Waals surface area contributed by atoms with E-state index in [1.54, 1.807) is 12.1 Å². The van der Waals surface area contributed by atoms with Crippen molar-refractivity contribution in [3.63, 3.8) is 0 Å². The maximum Gasteiger partial charge on any atom is 0.262 e. The molecule has 1 heterocycles. The van der Waals surface area contributed by atoms with Gasteiger partial charge < -0.3 is 14.8 Å². The first-order valence-corrected chi connectivity index (χ1v) is 8.57. The third kappa shape index (κ3) is 3.82. The highest BCUT2D eigenvalue weighted by Crippen LogP contribution is 2.38. The molecule has 1 aliphatic carbocycles. The topological polar surface area (TPSA) is 71.3 Å². The number of nitriles is 1. The number of carbonyl (C=O) groups excluding carboxylic acids is 1. The van der Waals surface area contributed by atoms with Crippen LogP contribution in [-0.2, 0) is 4.79 Å². The van der Waals surface area contributed by atoms with Crippen molar-refractivity contribution >= 4 is 23.6 Å². The van der Waals surface area contributed by atoms with Gasteiger partial charge in [0.05, 0.1) is 18.2 Å². The second-order valence-electron chi connectivity index (χ2n) is 6.01. The Balaban J connectivity index is 1.82. The number of halogens is 1. The normalized spacial score (nSPS) is 17.9. The molecule has 1 N–H and O–H groups in total. The van der Waals surface area contributed by atoms with Gasteiger partial charge in [0.2, 0.25) is 0 Å². The van der Waals surface area contributed by atoms with E-state index >= 15 is 0 Å². The maximum atomic E-state index is 12.3. The van der Waals surface area contributed by atoms with Crippen LogP contribution in [0.3, 0.4) is 0 Å². The summed E-state index contributed by atoms with van der Waals surface area (Å²) in [5.74, 6) is 0.715. The van der Waals surface area contributed by atoms with Gasteiger partial charge >= 0.3 is 0 Å². The Morgan fingerprint density at radius 1 is 1.25 bits per heavy atom. The molecular weight excluding hydrogens is 328 g/mol. The molecule has 0 radical (unpaired) electrons. The average molecular weight is 347 g/mol. The minimum Gasteiger partial charge on any atom is -0.489 e. The lowest BCUT2D eigenvalue weighted by atomic mass is 10.1. The lowest BCUT2D eigenvalue weighted by Gasteiger charge is -2.12. The van der Waals surface area contributed by atoms with Crippen molar-refractivity contribution in [3.05, 3.63) is 28.3 Å². The molecule has 1 aromatic carbocycles. The van der Waals surface area contributed by atoms with Crippen molar-refractivity contribution in [3.8, 4) is 17.6 Å². The SMILES string of the molecule is N#C/C(=C\c1cc(Cl)c2c(c1)OCCCO2)C(=O)NC1CCCC1. The van der Waals surface area contributed by atoms with Crippen LogP contribution in [0.15, 0.2) is 17.7 Å². The van der Waals surface area contributed by atoms with Gasteiger partial charge in [0, 0.05) is 12.5 Å². The molecule has 126 valence electrons. The van der Waals surface area contributed by atoms with Crippen molar-refractivity contribution in [2.45, 2.75) is 38.1 Å². The van der Waals surface area contributed by atoms with Crippen LogP contribution >= 0.6 is 11.6 Å². The van der Waals surface area contributed by atoms with Crippen molar-refractivity contribution < 1.29 is 14.3 Å². The summed E-state index contributed by atoms with van der Waals surface area (Å²) >= 11 is 6.25. The Kier molecular flexibility index (Phi) is 5.27. The van der Waals surface area contributed by atoms with Crippen molar-refractivity contribution in [1.29, 1.82) is 5.26 Å². The summed E-state index contributed by atoms with van der Waals surface area (Å²) in [7, 11) is 0. The van der Waals surface area contributed by atoms with E-state index < -0.39 is 0 Å². The molecule has 0 aromatic heterocycles. The molecule has 1 aromatic rings. The monoisotopic (exact) mass is 346 g/mol. The molecule has 0 unspecified atom stereocenters. The lowest BCUT2D eigenvalue weighted by Crippen LogP contribution is -2.33. The Morgan fingerprint density at radius 3 is 2.75 bits per heavy atom. The first-order chi connectivity index (χ1) is 11.7. The highest BCUT2D eigenvalue weighted by Gasteiger charge is 2.20. The van der Waals surface area contributed by atoms with Crippen LogP contribution in [-0.4, -0.2) is 25.2 Å². The average Bonchev–Trinajstić information content (AvgIpc) is 2.95. The van der Waals surface area contributed by atoms with Crippen molar-refractivity contribution in [1.82, 2.24) is 5.32 Å². The number of rotatable bonds is 3. The van der Waals surface area contributed by atoms with Gasteiger partial charge in [-0.1, -0.05) is 24.4 Å². The zero-order chi connectivity index (χ0) is 16.9. The molecule has 0 saturated heterocycles. The molecule has 1 saturated carbocycles. The number of hydrogen-bond donors (Lipinski definition) is 1. The molecule has 5 nitrogen and oxygen atoms in total. The molecule has 1 fully saturated rings. The predicted molar refractivity (Wildman–Crippen MR) is 91.0 cm³/mol. The molecule has 0 bridgehead atoms. The van der Waals surface area contributed by atoms with Crippen molar-refractivity contribution in [2.24, 2.45) is 0 Å². The Morgan fingerprint density at radius 2 is 2.00 bits per heavy atom. The Labute approximate surface area is 146 Å². The van der Waals surface area contributed by atoms with Crippen LogP contribution in [0.5, 0.6) is 11.5 Å². The van der Waals surface area contributed by atoms with Gasteiger partial charge in [0.15, 0.2) is 11.5 Å². The van der Waals surface area contributed by atoms with E-state index in [2.05, 4.69) is 5.32 Å². The summed E-state index contributed by atoms with van der Waals surface area (Å²) in [6.45, 7) is 1.10. The number of ether oxygens (including phenoxy) is 2. The minimum absolute atomic E-state index is 0.0625. The van der Waals surface area contributed by atoms with Gasteiger partial charge in [-0.3, -0.25) is 4.79 Å². The standard InChI is InChI=1S/C18H19ClN2O3/c19-15-9-12(10-16-17(15)24-7-3-6-23-16)8-13(11-20)18(22)21-14-4-1-2-5-14/h8-10,14H,1-7H2,(H,21,22)/b13-8+. The van der Waals surface area contributed by atoms with Crippen molar-refractivity contribution in [2.75, 3.05) is 13.2 Å². The largest absolute Gasteiger partial charge is 0.489 e. The molecule has 3 rings (SSSR count). The third-order valence-corrected chi connectivity index (χ3v) is 4.47. The summed E-state index contributed by atoms with van der Waals surface area (Å²) in [6.07, 6.45) is 6.50. The van der Waals surface area contributed by atoms with Gasteiger partial charge in [0.25, 0.3) is 5.91 Å². The predicted octanol–water partition coefficient (Wildman–Crippen LogP) is 3.47. The Bertz CT molecular complexity index is 703. The first kappa shape index (κ1) is 16.7. The molecule has 0 atom stereocenters. The van der Waals surface area contributed by atoms with Crippen LogP contribution < -0.4 is 14.8 Å². The molecule has 6 heteroatoms. The van der Waals surface area contributed by atoms with E-state index in [1.807, 2.05) is 6.07 Å². The molecule has 2 aliphatic rings. The summed E-state index contributed by atoms with van der Waals surface area (Å²) in [5.41, 5.74) is 0.704. The van der Waals surface area contributed by atoms with Gasteiger partial charge in [-0.15, -0.1) is 0 Å². The summed E-state index contributed by atoms with van der Waals surface area (Å²) < 4.78 is 11.2. The zero-order valence-corrected chi connectivity index (χ0v) is 14.1. The van der Waals surface area contributed by atoms with Crippen LogP contribution in [0, 0.1) is 11.3 Å². The number of fused-ring (bicyclic) bond motifs is 1. The fourth-order valence-electron chi connectivity index (χ4n) is 2.98. The van der Waals surface area contributed by atoms with Gasteiger partial charge in [-0.25, -0.2) is 0 Å². The third-order valence-electron chi connectivity index (χ3n) is 4.19. The highest BCUT2D eigenvalue weighted by molar-refractivity contribution is 6.32. The van der Waals surface area contributed by atoms with Crippen LogP contribution in [0.25, 0.3) is 6.08 Å².